The first kappa shape index (κ1) is 33.2. The van der Waals surface area contributed by atoms with Crippen LogP contribution in [0.2, 0.25) is 18.1 Å². The van der Waals surface area contributed by atoms with Crippen molar-refractivity contribution in [1.82, 2.24) is 23.4 Å². The minimum absolute atomic E-state index is 0.0503. The first-order valence-electron chi connectivity index (χ1n) is 15.2. The highest BCUT2D eigenvalue weighted by Crippen LogP contribution is 2.36. The molecule has 0 spiro atoms. The smallest absolute Gasteiger partial charge is 0.269 e. The number of nitrogens with zero attached hydrogens (tertiary/aromatic N) is 5. The summed E-state index contributed by atoms with van der Waals surface area (Å²) in [6, 6.07) is 8.93. The zero-order valence-electron chi connectivity index (χ0n) is 26.7. The molecule has 3 aromatic heterocycles. The highest BCUT2D eigenvalue weighted by atomic mass is 32.2. The molecule has 244 valence electrons. The van der Waals surface area contributed by atoms with Gasteiger partial charge in [0.1, 0.15) is 5.65 Å². The molecule has 45 heavy (non-hydrogen) atoms. The molecule has 0 atom stereocenters. The number of hydrogen-bond donors (Lipinski definition) is 1. The molecule has 0 radical (unpaired) electrons. The van der Waals surface area contributed by atoms with Gasteiger partial charge < -0.3 is 14.3 Å². The lowest BCUT2D eigenvalue weighted by molar-refractivity contribution is 0.149. The Morgan fingerprint density at radius 3 is 2.47 bits per heavy atom. The number of fused-ring (bicyclic) bond motifs is 2. The van der Waals surface area contributed by atoms with Crippen LogP contribution in [0.5, 0.6) is 0 Å². The number of halogens is 2. The maximum absolute atomic E-state index is 13.9. The van der Waals surface area contributed by atoms with Crippen molar-refractivity contribution < 1.29 is 21.6 Å². The van der Waals surface area contributed by atoms with Gasteiger partial charge in [-0.05, 0) is 66.2 Å². The van der Waals surface area contributed by atoms with Crippen molar-refractivity contribution in [2.45, 2.75) is 77.3 Å². The molecule has 14 heteroatoms. The Bertz CT molecular complexity index is 1860. The number of alkyl halides is 2. The zero-order chi connectivity index (χ0) is 32.7. The minimum Gasteiger partial charge on any atom is -0.415 e. The van der Waals surface area contributed by atoms with Crippen molar-refractivity contribution in [2.24, 2.45) is 0 Å². The van der Waals surface area contributed by atoms with Gasteiger partial charge in [-0.1, -0.05) is 26.8 Å². The summed E-state index contributed by atoms with van der Waals surface area (Å²) in [5.74, 6) is 0.255. The van der Waals surface area contributed by atoms with Gasteiger partial charge in [0.05, 0.1) is 25.0 Å². The summed E-state index contributed by atoms with van der Waals surface area (Å²) < 4.78 is 62.7. The third-order valence-electron chi connectivity index (χ3n) is 9.12. The van der Waals surface area contributed by atoms with E-state index in [1.54, 1.807) is 0 Å². The first-order chi connectivity index (χ1) is 21.0. The predicted octanol–water partition coefficient (Wildman–Crippen LogP) is 5.59. The molecule has 1 saturated heterocycles. The standard InChI is InChI=1S/C31H42F2N6O4SSi/c1-31(2,3)45(5,6)43-16-15-37-12-9-22-17-21(7-8-26(22)37)20-39-28-23(18-25(27(32)33)29(39)40)19-34-30(36-28)35-24-10-13-38(14-11-24)44(4,41)42/h7-9,12,17-19,24,27H,10-11,13-16,20H2,1-6H3,(H,34,35,36). The van der Waals surface area contributed by atoms with Crippen molar-refractivity contribution in [3.8, 4) is 0 Å². The molecule has 1 aliphatic rings. The summed E-state index contributed by atoms with van der Waals surface area (Å²) in [7, 11) is -5.12. The summed E-state index contributed by atoms with van der Waals surface area (Å²) in [6.45, 7) is 13.2. The van der Waals surface area contributed by atoms with Crippen LogP contribution in [0.3, 0.4) is 0 Å². The summed E-state index contributed by atoms with van der Waals surface area (Å²) in [5, 5.41) is 4.67. The minimum atomic E-state index is -3.26. The number of hydrogen-bond acceptors (Lipinski definition) is 7. The van der Waals surface area contributed by atoms with Crippen LogP contribution in [-0.4, -0.2) is 72.1 Å². The highest BCUT2D eigenvalue weighted by molar-refractivity contribution is 7.88. The molecule has 0 amide bonds. The van der Waals surface area contributed by atoms with Gasteiger partial charge in [0.2, 0.25) is 16.0 Å². The lowest BCUT2D eigenvalue weighted by atomic mass is 10.1. The molecule has 5 rings (SSSR count). The summed E-state index contributed by atoms with van der Waals surface area (Å²) in [6.07, 6.45) is 2.82. The Hall–Kier alpha value is -3.20. The van der Waals surface area contributed by atoms with Crippen LogP contribution in [0.1, 0.15) is 51.2 Å². The second kappa shape index (κ2) is 12.5. The maximum atomic E-state index is 13.9. The summed E-state index contributed by atoms with van der Waals surface area (Å²) in [4.78, 5) is 22.2. The van der Waals surface area contributed by atoms with E-state index in [-0.39, 0.29) is 29.2 Å². The van der Waals surface area contributed by atoms with E-state index in [2.05, 4.69) is 53.7 Å². The quantitative estimate of drug-likeness (QED) is 0.221. The van der Waals surface area contributed by atoms with E-state index in [1.165, 1.54) is 21.3 Å². The Morgan fingerprint density at radius 2 is 1.82 bits per heavy atom. The summed E-state index contributed by atoms with van der Waals surface area (Å²) in [5.41, 5.74) is 0.634. The zero-order valence-corrected chi connectivity index (χ0v) is 28.5. The van der Waals surface area contributed by atoms with Crippen LogP contribution >= 0.6 is 0 Å². The van der Waals surface area contributed by atoms with E-state index in [4.69, 9.17) is 4.43 Å². The average molecular weight is 661 g/mol. The number of rotatable bonds is 10. The van der Waals surface area contributed by atoms with Crippen molar-refractivity contribution in [3.63, 3.8) is 0 Å². The molecular formula is C31H42F2N6O4SSi. The second-order valence-electron chi connectivity index (χ2n) is 13.4. The largest absolute Gasteiger partial charge is 0.415 e. The molecule has 0 bridgehead atoms. The van der Waals surface area contributed by atoms with Crippen LogP contribution in [-0.2, 0) is 27.5 Å². The molecule has 4 heterocycles. The van der Waals surface area contributed by atoms with Gasteiger partial charge in [-0.2, -0.15) is 4.98 Å². The fraction of sp³-hybridized carbons (Fsp3) is 0.516. The third-order valence-corrected chi connectivity index (χ3v) is 15.0. The van der Waals surface area contributed by atoms with Gasteiger partial charge in [-0.15, -0.1) is 0 Å². The highest BCUT2D eigenvalue weighted by Gasteiger charge is 2.37. The second-order valence-corrected chi connectivity index (χ2v) is 20.1. The van der Waals surface area contributed by atoms with Gasteiger partial charge in [0.25, 0.3) is 12.0 Å². The normalized spacial score (nSPS) is 15.8. The maximum Gasteiger partial charge on any atom is 0.269 e. The number of benzene rings is 1. The molecule has 4 aromatic rings. The van der Waals surface area contributed by atoms with E-state index in [0.717, 1.165) is 22.5 Å². The number of anilines is 1. The molecular weight excluding hydrogens is 619 g/mol. The van der Waals surface area contributed by atoms with E-state index in [0.29, 0.717) is 44.5 Å². The van der Waals surface area contributed by atoms with Gasteiger partial charge in [-0.25, -0.2) is 26.5 Å². The van der Waals surface area contributed by atoms with E-state index >= 15 is 0 Å². The first-order valence-corrected chi connectivity index (χ1v) is 19.9. The number of piperidine rings is 1. The Morgan fingerprint density at radius 1 is 1.11 bits per heavy atom. The average Bonchev–Trinajstić information content (AvgIpc) is 3.35. The van der Waals surface area contributed by atoms with Gasteiger partial charge in [0.15, 0.2) is 8.32 Å². The molecule has 1 fully saturated rings. The third kappa shape index (κ3) is 7.29. The molecule has 0 unspecified atom stereocenters. The summed E-state index contributed by atoms with van der Waals surface area (Å²) >= 11 is 0. The SMILES string of the molecule is CC(C)(C)[Si](C)(C)OCCn1ccc2cc(Cn3c(=O)c(C(F)F)cc4cnc(NC5CCN(S(C)(=O)=O)CC5)nc43)ccc21. The van der Waals surface area contributed by atoms with Crippen LogP contribution in [0, 0.1) is 0 Å². The molecule has 0 aliphatic carbocycles. The Labute approximate surface area is 263 Å². The number of aromatic nitrogens is 4. The van der Waals surface area contributed by atoms with E-state index < -0.39 is 35.9 Å². The van der Waals surface area contributed by atoms with E-state index in [9.17, 15) is 22.0 Å². The fourth-order valence-corrected chi connectivity index (χ4v) is 7.32. The molecule has 0 saturated carbocycles. The van der Waals surface area contributed by atoms with Gasteiger partial charge >= 0.3 is 0 Å². The molecule has 1 aliphatic heterocycles. The van der Waals surface area contributed by atoms with Crippen molar-refractivity contribution >= 4 is 46.2 Å². The van der Waals surface area contributed by atoms with Crippen LogP contribution in [0.15, 0.2) is 47.5 Å². The number of sulfonamides is 1. The molecule has 1 N–H and O–H groups in total. The van der Waals surface area contributed by atoms with Crippen molar-refractivity contribution in [1.29, 1.82) is 0 Å². The van der Waals surface area contributed by atoms with E-state index in [1.807, 2.05) is 30.5 Å². The fourth-order valence-electron chi connectivity index (χ4n) is 5.41. The Kier molecular flexibility index (Phi) is 9.24. The predicted molar refractivity (Wildman–Crippen MR) is 176 cm³/mol. The van der Waals surface area contributed by atoms with Crippen LogP contribution < -0.4 is 10.9 Å². The lowest BCUT2D eigenvalue weighted by Crippen LogP contribution is -2.42. The number of pyridine rings is 1. The van der Waals surface area contributed by atoms with Crippen LogP contribution in [0.4, 0.5) is 14.7 Å². The van der Waals surface area contributed by atoms with Crippen LogP contribution in [0.25, 0.3) is 21.9 Å². The van der Waals surface area contributed by atoms with Crippen molar-refractivity contribution in [2.75, 3.05) is 31.3 Å². The topological polar surface area (TPSA) is 111 Å². The Balaban J connectivity index is 1.39. The molecule has 1 aromatic carbocycles. The van der Waals surface area contributed by atoms with Gasteiger partial charge in [-0.3, -0.25) is 9.36 Å². The van der Waals surface area contributed by atoms with Gasteiger partial charge in [0, 0.05) is 49.0 Å². The monoisotopic (exact) mass is 660 g/mol. The van der Waals surface area contributed by atoms with Crippen molar-refractivity contribution in [3.05, 3.63) is 64.2 Å². The number of nitrogens with one attached hydrogen (secondary N) is 1. The lowest BCUT2D eigenvalue weighted by Gasteiger charge is -2.36. The molecule has 10 nitrogen and oxygen atoms in total.